The molecule has 2 fully saturated rings. The summed E-state index contributed by atoms with van der Waals surface area (Å²) in [4.78, 5) is 21.7. The lowest BCUT2D eigenvalue weighted by molar-refractivity contribution is -0.133. The van der Waals surface area contributed by atoms with Crippen LogP contribution in [0.5, 0.6) is 0 Å². The molecule has 30 heavy (non-hydrogen) atoms. The third-order valence-electron chi connectivity index (χ3n) is 5.83. The lowest BCUT2D eigenvalue weighted by Crippen LogP contribution is -2.45. The van der Waals surface area contributed by atoms with E-state index in [0.29, 0.717) is 32.0 Å². The normalized spacial score (nSPS) is 22.1. The highest BCUT2D eigenvalue weighted by Crippen LogP contribution is 2.27. The number of benzene rings is 2. The second-order valence-corrected chi connectivity index (χ2v) is 7.94. The van der Waals surface area contributed by atoms with E-state index in [-0.39, 0.29) is 18.1 Å². The van der Waals surface area contributed by atoms with Gasteiger partial charge in [0.2, 0.25) is 11.8 Å². The predicted octanol–water partition coefficient (Wildman–Crippen LogP) is 3.34. The number of fused-ring (bicyclic) bond motifs is 1. The second kappa shape index (κ2) is 8.42. The fraction of sp³-hybridized carbons (Fsp3) is 0.333. The van der Waals surface area contributed by atoms with Gasteiger partial charge >= 0.3 is 0 Å². The molecule has 2 aromatic carbocycles. The van der Waals surface area contributed by atoms with Crippen molar-refractivity contribution in [2.24, 2.45) is 0 Å². The van der Waals surface area contributed by atoms with Crippen molar-refractivity contribution in [2.45, 2.75) is 31.7 Å². The first-order chi connectivity index (χ1) is 14.8. The van der Waals surface area contributed by atoms with E-state index in [1.807, 2.05) is 53.4 Å². The Bertz CT molecular complexity index is 989. The molecule has 2 aliphatic rings. The molecule has 6 nitrogen and oxygen atoms in total. The molecule has 2 atom stereocenters. The van der Waals surface area contributed by atoms with Gasteiger partial charge in [-0.25, -0.2) is 4.98 Å². The highest BCUT2D eigenvalue weighted by atomic mass is 16.5. The summed E-state index contributed by atoms with van der Waals surface area (Å²) in [5, 5.41) is 0. The average Bonchev–Trinajstić information content (AvgIpc) is 3.37. The molecule has 0 N–H and O–H groups in total. The Morgan fingerprint density at radius 3 is 2.53 bits per heavy atom. The third-order valence-corrected chi connectivity index (χ3v) is 5.83. The number of nitrogens with zero attached hydrogens (tertiary/aromatic N) is 3. The summed E-state index contributed by atoms with van der Waals surface area (Å²) < 4.78 is 11.7. The molecule has 2 saturated heterocycles. The molecule has 154 valence electrons. The Morgan fingerprint density at radius 2 is 1.73 bits per heavy atom. The molecular weight excluding hydrogens is 378 g/mol. The lowest BCUT2D eigenvalue weighted by atomic mass is 10.1. The van der Waals surface area contributed by atoms with Gasteiger partial charge in [-0.1, -0.05) is 48.5 Å². The first-order valence-corrected chi connectivity index (χ1v) is 10.4. The molecule has 0 spiro atoms. The van der Waals surface area contributed by atoms with Crippen molar-refractivity contribution < 1.29 is 13.9 Å². The summed E-state index contributed by atoms with van der Waals surface area (Å²) in [6.07, 6.45) is 2.20. The number of hydrogen-bond acceptors (Lipinski definition) is 5. The highest BCUT2D eigenvalue weighted by molar-refractivity contribution is 5.77. The van der Waals surface area contributed by atoms with E-state index in [0.717, 1.165) is 29.9 Å². The predicted molar refractivity (Wildman–Crippen MR) is 112 cm³/mol. The van der Waals surface area contributed by atoms with Gasteiger partial charge in [0.05, 0.1) is 30.9 Å². The van der Waals surface area contributed by atoms with Gasteiger partial charge in [-0.2, -0.15) is 0 Å². The summed E-state index contributed by atoms with van der Waals surface area (Å²) in [5.41, 5.74) is 3.01. The number of hydrogen-bond donors (Lipinski definition) is 0. The van der Waals surface area contributed by atoms with E-state index < -0.39 is 0 Å². The molecule has 0 aliphatic carbocycles. The standard InChI is InChI=1S/C24H25N3O3/c28-23-11-12-29-22-16-26(15-21(22)27(23)13-18-7-3-1-4-8-18)14-20-17-30-24(25-20)19-9-5-2-6-10-19/h1-10,17,21-22H,11-16H2/t21-,22-/m0/s1. The fourth-order valence-electron chi connectivity index (χ4n) is 4.36. The molecular formula is C24H25N3O3. The van der Waals surface area contributed by atoms with Gasteiger partial charge in [0, 0.05) is 31.7 Å². The van der Waals surface area contributed by atoms with Crippen molar-refractivity contribution in [1.29, 1.82) is 0 Å². The molecule has 0 bridgehead atoms. The minimum atomic E-state index is 0.0284. The van der Waals surface area contributed by atoms with Crippen LogP contribution in [0.4, 0.5) is 0 Å². The van der Waals surface area contributed by atoms with Crippen LogP contribution in [0.1, 0.15) is 17.7 Å². The molecule has 5 rings (SSSR count). The smallest absolute Gasteiger partial charge is 0.226 e. The van der Waals surface area contributed by atoms with Crippen molar-refractivity contribution in [1.82, 2.24) is 14.8 Å². The van der Waals surface area contributed by atoms with Gasteiger partial charge in [-0.3, -0.25) is 9.69 Å². The summed E-state index contributed by atoms with van der Waals surface area (Å²) in [7, 11) is 0. The van der Waals surface area contributed by atoms with E-state index in [1.165, 1.54) is 0 Å². The minimum Gasteiger partial charge on any atom is -0.444 e. The number of ether oxygens (including phenoxy) is 1. The number of aromatic nitrogens is 1. The molecule has 0 unspecified atom stereocenters. The Hall–Kier alpha value is -2.96. The Labute approximate surface area is 176 Å². The summed E-state index contributed by atoms with van der Waals surface area (Å²) in [5.74, 6) is 0.803. The number of amides is 1. The molecule has 1 amide bonds. The van der Waals surface area contributed by atoms with Gasteiger partial charge < -0.3 is 14.1 Å². The van der Waals surface area contributed by atoms with Crippen molar-refractivity contribution in [3.8, 4) is 11.5 Å². The van der Waals surface area contributed by atoms with Crippen LogP contribution in [0.2, 0.25) is 0 Å². The van der Waals surface area contributed by atoms with Crippen LogP contribution < -0.4 is 0 Å². The molecule has 0 radical (unpaired) electrons. The molecule has 1 aromatic heterocycles. The zero-order valence-corrected chi connectivity index (χ0v) is 16.8. The third kappa shape index (κ3) is 4.01. The van der Waals surface area contributed by atoms with Crippen LogP contribution in [0.3, 0.4) is 0 Å². The van der Waals surface area contributed by atoms with Gasteiger partial charge in [-0.05, 0) is 17.7 Å². The quantitative estimate of drug-likeness (QED) is 0.654. The number of carbonyl (C=O) groups excluding carboxylic acids is 1. The van der Waals surface area contributed by atoms with Crippen LogP contribution in [-0.2, 0) is 22.6 Å². The maximum absolute atomic E-state index is 12.8. The second-order valence-electron chi connectivity index (χ2n) is 7.94. The number of likely N-dealkylation sites (tertiary alicyclic amines) is 1. The Kier molecular flexibility index (Phi) is 5.34. The summed E-state index contributed by atoms with van der Waals surface area (Å²) >= 11 is 0. The van der Waals surface area contributed by atoms with Crippen LogP contribution in [0.15, 0.2) is 71.3 Å². The molecule has 2 aliphatic heterocycles. The van der Waals surface area contributed by atoms with Crippen molar-refractivity contribution in [2.75, 3.05) is 19.7 Å². The zero-order valence-electron chi connectivity index (χ0n) is 16.8. The largest absolute Gasteiger partial charge is 0.444 e. The molecule has 3 aromatic rings. The number of rotatable bonds is 5. The van der Waals surface area contributed by atoms with E-state index in [9.17, 15) is 4.79 Å². The first kappa shape index (κ1) is 19.0. The topological polar surface area (TPSA) is 58.8 Å². The first-order valence-electron chi connectivity index (χ1n) is 10.4. The van der Waals surface area contributed by atoms with Gasteiger partial charge in [0.15, 0.2) is 0 Å². The molecule has 3 heterocycles. The van der Waals surface area contributed by atoms with E-state index in [4.69, 9.17) is 9.15 Å². The van der Waals surface area contributed by atoms with Gasteiger partial charge in [0.25, 0.3) is 0 Å². The fourth-order valence-corrected chi connectivity index (χ4v) is 4.36. The minimum absolute atomic E-state index is 0.0284. The maximum Gasteiger partial charge on any atom is 0.226 e. The maximum atomic E-state index is 12.8. The zero-order chi connectivity index (χ0) is 20.3. The van der Waals surface area contributed by atoms with E-state index >= 15 is 0 Å². The van der Waals surface area contributed by atoms with Gasteiger partial charge in [0.1, 0.15) is 6.26 Å². The monoisotopic (exact) mass is 403 g/mol. The van der Waals surface area contributed by atoms with Crippen LogP contribution in [-0.4, -0.2) is 52.5 Å². The van der Waals surface area contributed by atoms with E-state index in [1.54, 1.807) is 6.26 Å². The average molecular weight is 403 g/mol. The molecule has 0 saturated carbocycles. The van der Waals surface area contributed by atoms with Gasteiger partial charge in [-0.15, -0.1) is 0 Å². The van der Waals surface area contributed by atoms with Crippen LogP contribution in [0.25, 0.3) is 11.5 Å². The van der Waals surface area contributed by atoms with Crippen molar-refractivity contribution in [3.63, 3.8) is 0 Å². The summed E-state index contributed by atoms with van der Waals surface area (Å²) in [6.45, 7) is 3.36. The Morgan fingerprint density at radius 1 is 0.967 bits per heavy atom. The van der Waals surface area contributed by atoms with Crippen LogP contribution >= 0.6 is 0 Å². The number of oxazole rings is 1. The number of carbonyl (C=O) groups is 1. The highest BCUT2D eigenvalue weighted by Gasteiger charge is 2.41. The SMILES string of the molecule is O=C1CCO[C@H]2CN(Cc3coc(-c4ccccc4)n3)C[C@@H]2N1Cc1ccccc1. The lowest BCUT2D eigenvalue weighted by Gasteiger charge is -2.29. The van der Waals surface area contributed by atoms with E-state index in [2.05, 4.69) is 22.0 Å². The summed E-state index contributed by atoms with van der Waals surface area (Å²) in [6, 6.07) is 20.1. The Balaban J connectivity index is 1.29. The van der Waals surface area contributed by atoms with Crippen LogP contribution in [0, 0.1) is 0 Å². The van der Waals surface area contributed by atoms with Crippen molar-refractivity contribution >= 4 is 5.91 Å². The van der Waals surface area contributed by atoms with Crippen molar-refractivity contribution in [3.05, 3.63) is 78.2 Å². The molecule has 6 heteroatoms.